The van der Waals surface area contributed by atoms with Gasteiger partial charge in [0.15, 0.2) is 0 Å². The number of piperidine rings is 1. The van der Waals surface area contributed by atoms with E-state index in [2.05, 4.69) is 16.3 Å². The summed E-state index contributed by atoms with van der Waals surface area (Å²) in [6, 6.07) is 4.36. The lowest BCUT2D eigenvalue weighted by Crippen LogP contribution is -2.53. The maximum Gasteiger partial charge on any atom is 0.262 e. The van der Waals surface area contributed by atoms with E-state index in [1.54, 1.807) is 11.3 Å². The van der Waals surface area contributed by atoms with Crippen molar-refractivity contribution in [3.8, 4) is 6.07 Å². The summed E-state index contributed by atoms with van der Waals surface area (Å²) in [4.78, 5) is 16.8. The molecule has 1 aromatic rings. The highest BCUT2D eigenvalue weighted by atomic mass is 32.2. The highest BCUT2D eigenvalue weighted by molar-refractivity contribution is 7.98. The van der Waals surface area contributed by atoms with Gasteiger partial charge in [0.2, 0.25) is 0 Å². The normalized spacial score (nSPS) is 21.3. The van der Waals surface area contributed by atoms with Gasteiger partial charge in [-0.05, 0) is 43.7 Å². The number of nitrogens with zero attached hydrogens (tertiary/aromatic N) is 2. The van der Waals surface area contributed by atoms with E-state index in [-0.39, 0.29) is 5.91 Å². The molecule has 3 rings (SSSR count). The van der Waals surface area contributed by atoms with Crippen LogP contribution in [0, 0.1) is 11.3 Å². The summed E-state index contributed by atoms with van der Waals surface area (Å²) in [5.74, 6) is 2.07. The van der Waals surface area contributed by atoms with Gasteiger partial charge in [-0.15, -0.1) is 11.3 Å². The average molecular weight is 321 g/mol. The molecule has 0 atom stereocenters. The second kappa shape index (κ2) is 5.99. The largest absolute Gasteiger partial charge is 0.333 e. The van der Waals surface area contributed by atoms with Crippen molar-refractivity contribution < 1.29 is 4.79 Å². The Hall–Kier alpha value is -1.03. The van der Waals surface area contributed by atoms with E-state index in [4.69, 9.17) is 0 Å². The van der Waals surface area contributed by atoms with Crippen molar-refractivity contribution in [1.82, 2.24) is 10.2 Å². The minimum atomic E-state index is -0.692. The molecule has 2 aliphatic heterocycles. The number of carbonyl (C=O) groups excluding carboxylic acids is 1. The number of carbonyl (C=O) groups is 1. The smallest absolute Gasteiger partial charge is 0.262 e. The fraction of sp³-hybridized carbons (Fsp3) is 0.600. The fourth-order valence-corrected chi connectivity index (χ4v) is 5.07. The Morgan fingerprint density at radius 1 is 1.48 bits per heavy atom. The molecule has 21 heavy (non-hydrogen) atoms. The molecule has 4 nitrogen and oxygen atoms in total. The number of fused-ring (bicyclic) bond motifs is 1. The quantitative estimate of drug-likeness (QED) is 0.908. The van der Waals surface area contributed by atoms with Gasteiger partial charge in [-0.25, -0.2) is 0 Å². The van der Waals surface area contributed by atoms with Crippen molar-refractivity contribution in [2.45, 2.75) is 30.6 Å². The predicted molar refractivity (Wildman–Crippen MR) is 86.7 cm³/mol. The molecule has 1 saturated heterocycles. The molecule has 1 fully saturated rings. The SMILES string of the molecule is CN1CCC(C#N)(NC(=O)c2cc3c(s2)CCSC3)CC1. The summed E-state index contributed by atoms with van der Waals surface area (Å²) < 4.78 is 0. The van der Waals surface area contributed by atoms with Gasteiger partial charge in [0, 0.05) is 23.7 Å². The van der Waals surface area contributed by atoms with Crippen molar-refractivity contribution in [3.63, 3.8) is 0 Å². The average Bonchev–Trinajstić information content (AvgIpc) is 2.94. The molecule has 0 saturated carbocycles. The van der Waals surface area contributed by atoms with Crippen LogP contribution < -0.4 is 5.32 Å². The van der Waals surface area contributed by atoms with Crippen LogP contribution in [0.25, 0.3) is 0 Å². The molecule has 112 valence electrons. The lowest BCUT2D eigenvalue weighted by Gasteiger charge is -2.35. The molecule has 1 aromatic heterocycles. The van der Waals surface area contributed by atoms with E-state index in [1.165, 1.54) is 10.4 Å². The van der Waals surface area contributed by atoms with Crippen molar-refractivity contribution >= 4 is 29.0 Å². The Balaban J connectivity index is 1.73. The van der Waals surface area contributed by atoms with Crippen LogP contribution in [-0.4, -0.2) is 42.2 Å². The van der Waals surface area contributed by atoms with Crippen LogP contribution in [0.5, 0.6) is 0 Å². The number of thioether (sulfide) groups is 1. The number of nitriles is 1. The zero-order valence-electron chi connectivity index (χ0n) is 12.1. The fourth-order valence-electron chi connectivity index (χ4n) is 2.80. The maximum atomic E-state index is 12.5. The number of hydrogen-bond donors (Lipinski definition) is 1. The van der Waals surface area contributed by atoms with Gasteiger partial charge >= 0.3 is 0 Å². The first kappa shape index (κ1) is 14.9. The van der Waals surface area contributed by atoms with E-state index in [9.17, 15) is 10.1 Å². The second-order valence-corrected chi connectivity index (χ2v) is 8.05. The Kier molecular flexibility index (Phi) is 4.25. The van der Waals surface area contributed by atoms with Gasteiger partial charge in [-0.1, -0.05) is 0 Å². The van der Waals surface area contributed by atoms with Crippen LogP contribution in [0.2, 0.25) is 0 Å². The van der Waals surface area contributed by atoms with Crippen LogP contribution in [0.4, 0.5) is 0 Å². The van der Waals surface area contributed by atoms with E-state index in [0.717, 1.165) is 35.9 Å². The van der Waals surface area contributed by atoms with Crippen molar-refractivity contribution in [2.24, 2.45) is 0 Å². The summed E-state index contributed by atoms with van der Waals surface area (Å²) in [5, 5.41) is 12.5. The van der Waals surface area contributed by atoms with Crippen molar-refractivity contribution in [2.75, 3.05) is 25.9 Å². The van der Waals surface area contributed by atoms with E-state index >= 15 is 0 Å². The van der Waals surface area contributed by atoms with E-state index < -0.39 is 5.54 Å². The van der Waals surface area contributed by atoms with Crippen molar-refractivity contribution in [3.05, 3.63) is 21.4 Å². The zero-order chi connectivity index (χ0) is 14.9. The third kappa shape index (κ3) is 3.10. The van der Waals surface area contributed by atoms with Gasteiger partial charge in [-0.2, -0.15) is 17.0 Å². The Morgan fingerprint density at radius 2 is 2.24 bits per heavy atom. The molecular weight excluding hydrogens is 302 g/mol. The number of likely N-dealkylation sites (tertiary alicyclic amines) is 1. The molecule has 1 N–H and O–H groups in total. The van der Waals surface area contributed by atoms with Crippen LogP contribution >= 0.6 is 23.1 Å². The molecule has 0 unspecified atom stereocenters. The number of amides is 1. The number of hydrogen-bond acceptors (Lipinski definition) is 5. The first-order chi connectivity index (χ1) is 10.1. The number of aryl methyl sites for hydroxylation is 1. The molecule has 0 spiro atoms. The van der Waals surface area contributed by atoms with Gasteiger partial charge in [0.1, 0.15) is 5.54 Å². The predicted octanol–water partition coefficient (Wildman–Crippen LogP) is 2.26. The zero-order valence-corrected chi connectivity index (χ0v) is 13.8. The van der Waals surface area contributed by atoms with Gasteiger partial charge < -0.3 is 10.2 Å². The van der Waals surface area contributed by atoms with Crippen LogP contribution in [0.15, 0.2) is 6.07 Å². The third-order valence-electron chi connectivity index (χ3n) is 4.26. The van der Waals surface area contributed by atoms with Gasteiger partial charge in [0.05, 0.1) is 10.9 Å². The topological polar surface area (TPSA) is 56.1 Å². The highest BCUT2D eigenvalue weighted by Gasteiger charge is 2.36. The Labute approximate surface area is 133 Å². The number of nitrogens with one attached hydrogen (secondary N) is 1. The van der Waals surface area contributed by atoms with Gasteiger partial charge in [-0.3, -0.25) is 4.79 Å². The van der Waals surface area contributed by atoms with Gasteiger partial charge in [0.25, 0.3) is 5.91 Å². The summed E-state index contributed by atoms with van der Waals surface area (Å²) in [6.45, 7) is 1.71. The Morgan fingerprint density at radius 3 is 2.90 bits per heavy atom. The molecule has 0 bridgehead atoms. The lowest BCUT2D eigenvalue weighted by molar-refractivity contribution is 0.0886. The molecule has 0 aromatic carbocycles. The molecule has 6 heteroatoms. The van der Waals surface area contributed by atoms with E-state index in [1.807, 2.05) is 24.9 Å². The summed E-state index contributed by atoms with van der Waals surface area (Å²) in [5.41, 5.74) is 0.610. The summed E-state index contributed by atoms with van der Waals surface area (Å²) in [7, 11) is 2.05. The molecule has 3 heterocycles. The minimum absolute atomic E-state index is 0.0782. The molecule has 1 amide bonds. The van der Waals surface area contributed by atoms with Crippen LogP contribution in [0.3, 0.4) is 0 Å². The highest BCUT2D eigenvalue weighted by Crippen LogP contribution is 2.32. The Bertz CT molecular complexity index is 559. The molecule has 0 radical (unpaired) electrons. The maximum absolute atomic E-state index is 12.5. The third-order valence-corrected chi connectivity index (χ3v) is 6.50. The first-order valence-electron chi connectivity index (χ1n) is 7.23. The van der Waals surface area contributed by atoms with Crippen LogP contribution in [0.1, 0.15) is 33.0 Å². The second-order valence-electron chi connectivity index (χ2n) is 5.81. The molecule has 0 aliphatic carbocycles. The number of thiophene rings is 1. The van der Waals surface area contributed by atoms with E-state index in [0.29, 0.717) is 12.8 Å². The minimum Gasteiger partial charge on any atom is -0.333 e. The summed E-state index contributed by atoms with van der Waals surface area (Å²) in [6.07, 6.45) is 2.46. The molecule has 2 aliphatic rings. The molecular formula is C15H19N3OS2. The van der Waals surface area contributed by atoms with Crippen LogP contribution in [-0.2, 0) is 12.2 Å². The first-order valence-corrected chi connectivity index (χ1v) is 9.21. The van der Waals surface area contributed by atoms with Crippen molar-refractivity contribution in [1.29, 1.82) is 5.26 Å². The summed E-state index contributed by atoms with van der Waals surface area (Å²) >= 11 is 3.52. The number of rotatable bonds is 2. The standard InChI is InChI=1S/C15H19N3OS2/c1-18-5-3-15(10-16,4-6-18)17-14(19)13-8-11-9-20-7-2-12(11)21-13/h8H,2-7,9H2,1H3,(H,17,19). The lowest BCUT2D eigenvalue weighted by atomic mass is 9.89. The monoisotopic (exact) mass is 321 g/mol.